The average molecular weight is 428 g/mol. The van der Waals surface area contributed by atoms with E-state index in [9.17, 15) is 13.2 Å². The van der Waals surface area contributed by atoms with Gasteiger partial charge in [-0.25, -0.2) is 13.4 Å². The Morgan fingerprint density at radius 1 is 1.03 bits per heavy atom. The number of amides is 1. The molecular weight excluding hydrogens is 406 g/mol. The summed E-state index contributed by atoms with van der Waals surface area (Å²) in [7, 11) is -3.64. The highest BCUT2D eigenvalue weighted by atomic mass is 32.2. The van der Waals surface area contributed by atoms with Crippen molar-refractivity contribution in [2.24, 2.45) is 0 Å². The van der Waals surface area contributed by atoms with Crippen LogP contribution in [0.15, 0.2) is 59.5 Å². The average Bonchev–Trinajstić information content (AvgIpc) is 3.16. The summed E-state index contributed by atoms with van der Waals surface area (Å²) >= 11 is 1.49. The fraction of sp³-hybridized carbons (Fsp3) is 0.238. The van der Waals surface area contributed by atoms with Gasteiger partial charge in [-0.1, -0.05) is 30.7 Å². The van der Waals surface area contributed by atoms with Crippen molar-refractivity contribution in [2.45, 2.75) is 24.2 Å². The molecule has 0 atom stereocenters. The fourth-order valence-corrected chi connectivity index (χ4v) is 5.86. The number of thiazole rings is 1. The summed E-state index contributed by atoms with van der Waals surface area (Å²) in [5, 5.41) is 3.42. The van der Waals surface area contributed by atoms with E-state index in [1.807, 2.05) is 24.3 Å². The predicted molar refractivity (Wildman–Crippen MR) is 116 cm³/mol. The first-order valence-electron chi connectivity index (χ1n) is 9.48. The van der Waals surface area contributed by atoms with Crippen LogP contribution in [0.5, 0.6) is 0 Å². The van der Waals surface area contributed by atoms with Gasteiger partial charge < -0.3 is 5.32 Å². The van der Waals surface area contributed by atoms with Crippen molar-refractivity contribution in [2.75, 3.05) is 18.4 Å². The number of nitrogens with zero attached hydrogens (tertiary/aromatic N) is 2. The van der Waals surface area contributed by atoms with E-state index in [0.717, 1.165) is 34.5 Å². The first kappa shape index (κ1) is 19.8. The van der Waals surface area contributed by atoms with Crippen LogP contribution in [0.4, 0.5) is 5.69 Å². The number of aromatic nitrogens is 1. The Hall–Kier alpha value is -2.55. The molecule has 3 aromatic rings. The third-order valence-corrected chi connectivity index (χ3v) is 7.72. The lowest BCUT2D eigenvalue weighted by Gasteiger charge is -2.26. The highest BCUT2D eigenvalue weighted by Crippen LogP contribution is 2.27. The third-order valence-electron chi connectivity index (χ3n) is 4.77. The van der Waals surface area contributed by atoms with Crippen LogP contribution < -0.4 is 5.32 Å². The second-order valence-corrected chi connectivity index (χ2v) is 9.77. The Morgan fingerprint density at radius 3 is 2.55 bits per heavy atom. The van der Waals surface area contributed by atoms with Crippen molar-refractivity contribution < 1.29 is 13.2 Å². The Morgan fingerprint density at radius 2 is 1.76 bits per heavy atom. The Kier molecular flexibility index (Phi) is 5.75. The molecule has 1 aliphatic rings. The highest BCUT2D eigenvalue weighted by molar-refractivity contribution is 7.89. The number of anilines is 1. The van der Waals surface area contributed by atoms with E-state index in [0.29, 0.717) is 13.1 Å². The molecule has 0 aliphatic carbocycles. The van der Waals surface area contributed by atoms with Crippen molar-refractivity contribution in [1.82, 2.24) is 9.29 Å². The maximum absolute atomic E-state index is 13.0. The molecule has 1 N–H and O–H groups in total. The zero-order valence-electron chi connectivity index (χ0n) is 15.7. The molecule has 8 heteroatoms. The van der Waals surface area contributed by atoms with Crippen molar-refractivity contribution in [3.8, 4) is 0 Å². The number of fused-ring (bicyclic) bond motifs is 1. The van der Waals surface area contributed by atoms with E-state index in [1.165, 1.54) is 27.8 Å². The van der Waals surface area contributed by atoms with Gasteiger partial charge in [0.25, 0.3) is 0 Å². The summed E-state index contributed by atoms with van der Waals surface area (Å²) < 4.78 is 28.6. The van der Waals surface area contributed by atoms with Crippen LogP contribution in [0.2, 0.25) is 0 Å². The largest absolute Gasteiger partial charge is 0.321 e. The Labute approximate surface area is 173 Å². The van der Waals surface area contributed by atoms with Crippen molar-refractivity contribution in [3.63, 3.8) is 0 Å². The monoisotopic (exact) mass is 427 g/mol. The van der Waals surface area contributed by atoms with E-state index in [4.69, 9.17) is 0 Å². The number of hydrogen-bond donors (Lipinski definition) is 1. The molecule has 1 fully saturated rings. The van der Waals surface area contributed by atoms with Crippen LogP contribution in [0.3, 0.4) is 0 Å². The smallest absolute Gasteiger partial charge is 0.248 e. The first-order chi connectivity index (χ1) is 14.0. The Bertz CT molecular complexity index is 1130. The van der Waals surface area contributed by atoms with Crippen LogP contribution >= 0.6 is 11.3 Å². The van der Waals surface area contributed by atoms with Crippen molar-refractivity contribution >= 4 is 49.2 Å². The summed E-state index contributed by atoms with van der Waals surface area (Å²) in [5.74, 6) is -0.398. The molecule has 1 aliphatic heterocycles. The molecule has 1 aromatic heterocycles. The van der Waals surface area contributed by atoms with Crippen LogP contribution in [-0.4, -0.2) is 36.7 Å². The van der Waals surface area contributed by atoms with E-state index in [2.05, 4.69) is 10.3 Å². The standard InChI is InChI=1S/C21H21N3O3S2/c25-20(12-13-21-23-16-8-2-4-10-18(16)28-21)22-17-9-3-5-11-19(17)29(26,27)24-14-6-1-7-15-24/h2-5,8-13H,1,6-7,14-15H2,(H,22,25). The van der Waals surface area contributed by atoms with Crippen LogP contribution in [0, 0.1) is 0 Å². The van der Waals surface area contributed by atoms with Gasteiger partial charge in [-0.15, -0.1) is 11.3 Å². The molecule has 29 heavy (non-hydrogen) atoms. The van der Waals surface area contributed by atoms with Gasteiger partial charge in [0, 0.05) is 19.2 Å². The van der Waals surface area contributed by atoms with Crippen LogP contribution in [-0.2, 0) is 14.8 Å². The lowest BCUT2D eigenvalue weighted by Crippen LogP contribution is -2.36. The van der Waals surface area contributed by atoms with Gasteiger partial charge in [0.2, 0.25) is 15.9 Å². The van der Waals surface area contributed by atoms with Gasteiger partial charge in [0.1, 0.15) is 9.90 Å². The number of rotatable bonds is 5. The lowest BCUT2D eigenvalue weighted by atomic mass is 10.2. The molecule has 2 aromatic carbocycles. The summed E-state index contributed by atoms with van der Waals surface area (Å²) in [4.78, 5) is 17.0. The summed E-state index contributed by atoms with van der Waals surface area (Å²) in [6.07, 6.45) is 5.78. The molecular formula is C21H21N3O3S2. The Balaban J connectivity index is 1.52. The summed E-state index contributed by atoms with van der Waals surface area (Å²) in [6.45, 7) is 1.03. The maximum atomic E-state index is 13.0. The van der Waals surface area contributed by atoms with Gasteiger partial charge in [-0.3, -0.25) is 4.79 Å². The highest BCUT2D eigenvalue weighted by Gasteiger charge is 2.28. The number of nitrogens with one attached hydrogen (secondary N) is 1. The lowest BCUT2D eigenvalue weighted by molar-refractivity contribution is -0.111. The number of carbonyl (C=O) groups is 1. The number of carbonyl (C=O) groups excluding carboxylic acids is 1. The molecule has 6 nitrogen and oxygen atoms in total. The second kappa shape index (κ2) is 8.44. The van der Waals surface area contributed by atoms with Gasteiger partial charge in [0.05, 0.1) is 15.9 Å². The van der Waals surface area contributed by atoms with Gasteiger partial charge in [-0.05, 0) is 43.2 Å². The zero-order valence-corrected chi connectivity index (χ0v) is 17.4. The van der Waals surface area contributed by atoms with E-state index in [1.54, 1.807) is 24.3 Å². The number of para-hydroxylation sites is 2. The topological polar surface area (TPSA) is 79.4 Å². The maximum Gasteiger partial charge on any atom is 0.248 e. The molecule has 1 amide bonds. The molecule has 0 spiro atoms. The first-order valence-corrected chi connectivity index (χ1v) is 11.7. The summed E-state index contributed by atoms with van der Waals surface area (Å²) in [5.41, 5.74) is 1.17. The number of hydrogen-bond acceptors (Lipinski definition) is 5. The van der Waals surface area contributed by atoms with Crippen LogP contribution in [0.25, 0.3) is 16.3 Å². The molecule has 0 bridgehead atoms. The minimum Gasteiger partial charge on any atom is -0.321 e. The molecule has 2 heterocycles. The molecule has 1 saturated heterocycles. The number of sulfonamides is 1. The molecule has 0 saturated carbocycles. The molecule has 0 radical (unpaired) electrons. The van der Waals surface area contributed by atoms with Gasteiger partial charge in [0.15, 0.2) is 0 Å². The minimum atomic E-state index is -3.64. The van der Waals surface area contributed by atoms with Gasteiger partial charge in [-0.2, -0.15) is 4.31 Å². The molecule has 150 valence electrons. The third kappa shape index (κ3) is 4.39. The quantitative estimate of drug-likeness (QED) is 0.621. The number of piperidine rings is 1. The normalized spacial score (nSPS) is 15.7. The minimum absolute atomic E-state index is 0.128. The van der Waals surface area contributed by atoms with Gasteiger partial charge >= 0.3 is 0 Å². The zero-order chi connectivity index (χ0) is 20.3. The van der Waals surface area contributed by atoms with Crippen LogP contribution in [0.1, 0.15) is 24.3 Å². The SMILES string of the molecule is O=C(C=Cc1nc2ccccc2s1)Nc1ccccc1S(=O)(=O)N1CCCCC1. The van der Waals surface area contributed by atoms with Crippen molar-refractivity contribution in [1.29, 1.82) is 0 Å². The summed E-state index contributed by atoms with van der Waals surface area (Å²) in [6, 6.07) is 14.3. The van der Waals surface area contributed by atoms with Crippen molar-refractivity contribution in [3.05, 3.63) is 59.6 Å². The predicted octanol–water partition coefficient (Wildman–Crippen LogP) is 4.12. The van der Waals surface area contributed by atoms with E-state index in [-0.39, 0.29) is 10.6 Å². The fourth-order valence-electron chi connectivity index (χ4n) is 3.32. The molecule has 0 unspecified atom stereocenters. The molecule has 4 rings (SSSR count). The van der Waals surface area contributed by atoms with E-state index < -0.39 is 15.9 Å². The number of benzene rings is 2. The van der Waals surface area contributed by atoms with E-state index >= 15 is 0 Å². The second-order valence-electron chi connectivity index (χ2n) is 6.80.